The van der Waals surface area contributed by atoms with Crippen LogP contribution in [0.5, 0.6) is 0 Å². The Morgan fingerprint density at radius 2 is 1.20 bits per heavy atom. The molecule has 4 rings (SSSR count). The molecule has 122 valence electrons. The Labute approximate surface area is 151 Å². The minimum absolute atomic E-state index is 0.219. The SMILES string of the molecule is Nc1nc(-c2ccc(C(c3ccccc3)c3ccccc3)cc2)cs1. The van der Waals surface area contributed by atoms with E-state index in [4.69, 9.17) is 5.73 Å². The summed E-state index contributed by atoms with van der Waals surface area (Å²) in [6, 6.07) is 29.9. The molecular weight excluding hydrogens is 324 g/mol. The molecule has 0 amide bonds. The fourth-order valence-electron chi connectivity index (χ4n) is 3.13. The largest absolute Gasteiger partial charge is 0.375 e. The highest BCUT2D eigenvalue weighted by molar-refractivity contribution is 7.13. The molecule has 1 aromatic heterocycles. The highest BCUT2D eigenvalue weighted by atomic mass is 32.1. The Morgan fingerprint density at radius 3 is 1.68 bits per heavy atom. The lowest BCUT2D eigenvalue weighted by Gasteiger charge is -2.19. The Kier molecular flexibility index (Phi) is 4.32. The van der Waals surface area contributed by atoms with Crippen molar-refractivity contribution in [3.05, 3.63) is 107 Å². The number of nitrogens with two attached hydrogens (primary N) is 1. The molecule has 2 nitrogen and oxygen atoms in total. The van der Waals surface area contributed by atoms with E-state index in [9.17, 15) is 0 Å². The smallest absolute Gasteiger partial charge is 0.180 e. The summed E-state index contributed by atoms with van der Waals surface area (Å²) in [5.41, 5.74) is 11.6. The van der Waals surface area contributed by atoms with E-state index in [1.54, 1.807) is 0 Å². The summed E-state index contributed by atoms with van der Waals surface area (Å²) in [6.45, 7) is 0. The number of aromatic nitrogens is 1. The Hall–Kier alpha value is -2.91. The molecule has 0 spiro atoms. The van der Waals surface area contributed by atoms with Crippen molar-refractivity contribution < 1.29 is 0 Å². The first-order valence-corrected chi connectivity index (χ1v) is 9.10. The number of hydrogen-bond donors (Lipinski definition) is 1. The molecule has 3 aromatic carbocycles. The van der Waals surface area contributed by atoms with E-state index in [2.05, 4.69) is 89.9 Å². The third-order valence-corrected chi connectivity index (χ3v) is 5.00. The first-order chi connectivity index (χ1) is 12.3. The lowest BCUT2D eigenvalue weighted by atomic mass is 9.85. The molecule has 0 aliphatic carbocycles. The van der Waals surface area contributed by atoms with Crippen LogP contribution in [0.15, 0.2) is 90.3 Å². The van der Waals surface area contributed by atoms with Crippen LogP contribution in [0.25, 0.3) is 11.3 Å². The van der Waals surface area contributed by atoms with Gasteiger partial charge in [-0.25, -0.2) is 4.98 Å². The van der Waals surface area contributed by atoms with Crippen molar-refractivity contribution in [3.63, 3.8) is 0 Å². The molecule has 3 heteroatoms. The van der Waals surface area contributed by atoms with Crippen LogP contribution in [-0.4, -0.2) is 4.98 Å². The fourth-order valence-corrected chi connectivity index (χ4v) is 3.71. The van der Waals surface area contributed by atoms with E-state index in [-0.39, 0.29) is 5.92 Å². The van der Waals surface area contributed by atoms with Crippen molar-refractivity contribution in [1.82, 2.24) is 4.98 Å². The molecular formula is C22H18N2S. The van der Waals surface area contributed by atoms with Gasteiger partial charge in [-0.3, -0.25) is 0 Å². The fraction of sp³-hybridized carbons (Fsp3) is 0.0455. The van der Waals surface area contributed by atoms with Crippen molar-refractivity contribution >= 4 is 16.5 Å². The zero-order valence-corrected chi connectivity index (χ0v) is 14.5. The molecule has 0 atom stereocenters. The average Bonchev–Trinajstić information content (AvgIpc) is 3.11. The van der Waals surface area contributed by atoms with Crippen molar-refractivity contribution in [2.45, 2.75) is 5.92 Å². The van der Waals surface area contributed by atoms with E-state index in [0.717, 1.165) is 11.3 Å². The lowest BCUT2D eigenvalue weighted by molar-refractivity contribution is 0.978. The Bertz CT molecular complexity index is 905. The monoisotopic (exact) mass is 342 g/mol. The quantitative estimate of drug-likeness (QED) is 0.492. The highest BCUT2D eigenvalue weighted by Gasteiger charge is 2.16. The van der Waals surface area contributed by atoms with E-state index >= 15 is 0 Å². The van der Waals surface area contributed by atoms with Crippen molar-refractivity contribution in [3.8, 4) is 11.3 Å². The second-order valence-electron chi connectivity index (χ2n) is 5.95. The number of benzene rings is 3. The summed E-state index contributed by atoms with van der Waals surface area (Å²) >= 11 is 1.47. The van der Waals surface area contributed by atoms with E-state index in [0.29, 0.717) is 5.13 Å². The molecule has 0 unspecified atom stereocenters. The van der Waals surface area contributed by atoms with E-state index < -0.39 is 0 Å². The summed E-state index contributed by atoms with van der Waals surface area (Å²) in [4.78, 5) is 4.37. The number of anilines is 1. The summed E-state index contributed by atoms with van der Waals surface area (Å²) in [5, 5.41) is 2.60. The minimum atomic E-state index is 0.219. The normalized spacial score (nSPS) is 10.9. The van der Waals surface area contributed by atoms with Crippen molar-refractivity contribution in [2.75, 3.05) is 5.73 Å². The number of hydrogen-bond acceptors (Lipinski definition) is 3. The van der Waals surface area contributed by atoms with Crippen LogP contribution in [0.1, 0.15) is 22.6 Å². The first kappa shape index (κ1) is 15.6. The summed E-state index contributed by atoms with van der Waals surface area (Å²) in [5.74, 6) is 0.219. The van der Waals surface area contributed by atoms with Crippen LogP contribution in [0.4, 0.5) is 5.13 Å². The summed E-state index contributed by atoms with van der Waals surface area (Å²) in [6.07, 6.45) is 0. The lowest BCUT2D eigenvalue weighted by Crippen LogP contribution is -2.03. The maximum atomic E-state index is 5.75. The van der Waals surface area contributed by atoms with Gasteiger partial charge in [0.05, 0.1) is 5.69 Å². The maximum absolute atomic E-state index is 5.75. The van der Waals surface area contributed by atoms with Crippen LogP contribution >= 0.6 is 11.3 Å². The maximum Gasteiger partial charge on any atom is 0.180 e. The van der Waals surface area contributed by atoms with E-state index in [1.807, 2.05) is 5.38 Å². The third-order valence-electron chi connectivity index (χ3n) is 4.33. The molecule has 25 heavy (non-hydrogen) atoms. The molecule has 0 fully saturated rings. The van der Waals surface area contributed by atoms with Crippen molar-refractivity contribution in [2.24, 2.45) is 0 Å². The van der Waals surface area contributed by atoms with Crippen LogP contribution in [0, 0.1) is 0 Å². The van der Waals surface area contributed by atoms with Gasteiger partial charge in [-0.2, -0.15) is 0 Å². The Morgan fingerprint density at radius 1 is 0.680 bits per heavy atom. The molecule has 4 aromatic rings. The highest BCUT2D eigenvalue weighted by Crippen LogP contribution is 2.33. The summed E-state index contributed by atoms with van der Waals surface area (Å²) in [7, 11) is 0. The molecule has 2 N–H and O–H groups in total. The van der Waals surface area contributed by atoms with Gasteiger partial charge in [-0.1, -0.05) is 84.9 Å². The third kappa shape index (κ3) is 3.32. The van der Waals surface area contributed by atoms with Gasteiger partial charge in [0.15, 0.2) is 5.13 Å². The average molecular weight is 342 g/mol. The zero-order valence-electron chi connectivity index (χ0n) is 13.7. The van der Waals surface area contributed by atoms with Gasteiger partial charge >= 0.3 is 0 Å². The minimum Gasteiger partial charge on any atom is -0.375 e. The van der Waals surface area contributed by atoms with Crippen LogP contribution in [0.2, 0.25) is 0 Å². The van der Waals surface area contributed by atoms with Gasteiger partial charge in [0, 0.05) is 16.9 Å². The van der Waals surface area contributed by atoms with Crippen molar-refractivity contribution in [1.29, 1.82) is 0 Å². The van der Waals surface area contributed by atoms with Gasteiger partial charge in [0.1, 0.15) is 0 Å². The second-order valence-corrected chi connectivity index (χ2v) is 6.84. The molecule has 0 saturated carbocycles. The molecule has 0 bridgehead atoms. The number of nitrogen functional groups attached to an aromatic ring is 1. The number of nitrogens with zero attached hydrogens (tertiary/aromatic N) is 1. The molecule has 0 radical (unpaired) electrons. The number of rotatable bonds is 4. The van der Waals surface area contributed by atoms with Gasteiger partial charge in [-0.15, -0.1) is 11.3 Å². The molecule has 1 heterocycles. The van der Waals surface area contributed by atoms with Gasteiger partial charge in [0.25, 0.3) is 0 Å². The second kappa shape index (κ2) is 6.91. The topological polar surface area (TPSA) is 38.9 Å². The first-order valence-electron chi connectivity index (χ1n) is 8.22. The molecule has 0 aliphatic rings. The number of thiazole rings is 1. The Balaban J connectivity index is 1.75. The van der Waals surface area contributed by atoms with Crippen LogP contribution in [0.3, 0.4) is 0 Å². The summed E-state index contributed by atoms with van der Waals surface area (Å²) < 4.78 is 0. The molecule has 0 aliphatic heterocycles. The molecule has 0 saturated heterocycles. The van der Waals surface area contributed by atoms with Crippen LogP contribution < -0.4 is 5.73 Å². The van der Waals surface area contributed by atoms with Gasteiger partial charge < -0.3 is 5.73 Å². The predicted octanol–water partition coefficient (Wildman–Crippen LogP) is 5.57. The standard InChI is InChI=1S/C22H18N2S/c23-22-24-20(15-25-22)16-11-13-19(14-12-16)21(17-7-3-1-4-8-17)18-9-5-2-6-10-18/h1-15,21H,(H2,23,24). The zero-order chi connectivity index (χ0) is 17.1. The van der Waals surface area contributed by atoms with Gasteiger partial charge in [-0.05, 0) is 16.7 Å². The van der Waals surface area contributed by atoms with Crippen LogP contribution in [-0.2, 0) is 0 Å². The predicted molar refractivity (Wildman–Crippen MR) is 106 cm³/mol. The van der Waals surface area contributed by atoms with Gasteiger partial charge in [0.2, 0.25) is 0 Å². The van der Waals surface area contributed by atoms with E-state index in [1.165, 1.54) is 28.0 Å².